The smallest absolute Gasteiger partial charge is 0.124 e. The largest absolute Gasteiger partial charge is 0.382 e. The maximum atomic E-state index is 10.3. The molecule has 3 aromatic rings. The van der Waals surface area contributed by atoms with Crippen LogP contribution in [-0.4, -0.2) is 18.8 Å². The van der Waals surface area contributed by atoms with Crippen molar-refractivity contribution in [2.75, 3.05) is 0 Å². The number of hydrogen-bond acceptors (Lipinski definition) is 5. The summed E-state index contributed by atoms with van der Waals surface area (Å²) in [6, 6.07) is 7.71. The number of rotatable bonds is 2. The Hall–Kier alpha value is -1.85. The molecule has 1 atom stereocenters. The fourth-order valence-electron chi connectivity index (χ4n) is 1.83. The minimum atomic E-state index is -0.748. The van der Waals surface area contributed by atoms with E-state index in [1.54, 1.807) is 18.6 Å². The normalized spacial score (nSPS) is 12.8. The van der Waals surface area contributed by atoms with E-state index in [4.69, 9.17) is 0 Å². The maximum absolute atomic E-state index is 10.3. The van der Waals surface area contributed by atoms with Crippen LogP contribution in [0.5, 0.6) is 0 Å². The Labute approximate surface area is 102 Å². The second-order valence-corrected chi connectivity index (χ2v) is 4.24. The third kappa shape index (κ3) is 1.79. The zero-order valence-corrected chi connectivity index (χ0v) is 9.63. The van der Waals surface area contributed by atoms with Crippen molar-refractivity contribution in [3.8, 4) is 0 Å². The van der Waals surface area contributed by atoms with Crippen LogP contribution in [0.25, 0.3) is 10.8 Å². The van der Waals surface area contributed by atoms with Crippen molar-refractivity contribution in [3.05, 3.63) is 54.1 Å². The first-order valence-corrected chi connectivity index (χ1v) is 5.87. The van der Waals surface area contributed by atoms with Gasteiger partial charge >= 0.3 is 0 Å². The van der Waals surface area contributed by atoms with Crippen LogP contribution in [0.3, 0.4) is 0 Å². The number of fused-ring (bicyclic) bond motifs is 1. The summed E-state index contributed by atoms with van der Waals surface area (Å²) in [4.78, 5) is 4.09. The van der Waals surface area contributed by atoms with E-state index in [-0.39, 0.29) is 0 Å². The molecule has 4 nitrogen and oxygen atoms in total. The van der Waals surface area contributed by atoms with Crippen LogP contribution in [-0.2, 0) is 0 Å². The molecule has 0 spiro atoms. The molecular weight excluding hydrogens is 234 g/mol. The molecule has 5 heteroatoms. The van der Waals surface area contributed by atoms with Crippen molar-refractivity contribution < 1.29 is 5.11 Å². The van der Waals surface area contributed by atoms with Gasteiger partial charge in [0.2, 0.25) is 0 Å². The van der Waals surface area contributed by atoms with Gasteiger partial charge in [-0.2, -0.15) is 8.75 Å². The second kappa shape index (κ2) is 4.20. The Balaban J connectivity index is 2.17. The van der Waals surface area contributed by atoms with E-state index in [9.17, 15) is 5.11 Å². The summed E-state index contributed by atoms with van der Waals surface area (Å²) in [6.45, 7) is 0. The number of aliphatic hydroxyl groups excluding tert-OH is 1. The minimum absolute atomic E-state index is 0.575. The van der Waals surface area contributed by atoms with Crippen LogP contribution in [0.2, 0.25) is 0 Å². The summed E-state index contributed by atoms with van der Waals surface area (Å²) in [7, 11) is 0. The average molecular weight is 243 g/mol. The predicted octanol–water partition coefficient (Wildman–Crippen LogP) is 2.17. The second-order valence-electron chi connectivity index (χ2n) is 3.68. The molecule has 0 aliphatic carbocycles. The van der Waals surface area contributed by atoms with Gasteiger partial charge in [0, 0.05) is 17.8 Å². The monoisotopic (exact) mass is 243 g/mol. The minimum Gasteiger partial charge on any atom is -0.382 e. The molecule has 84 valence electrons. The molecule has 0 fully saturated rings. The quantitative estimate of drug-likeness (QED) is 0.749. The maximum Gasteiger partial charge on any atom is 0.124 e. The van der Waals surface area contributed by atoms with E-state index in [2.05, 4.69) is 13.7 Å². The summed E-state index contributed by atoms with van der Waals surface area (Å²) in [5, 5.41) is 12.3. The van der Waals surface area contributed by atoms with Gasteiger partial charge in [-0.25, -0.2) is 0 Å². The van der Waals surface area contributed by atoms with Crippen molar-refractivity contribution in [1.29, 1.82) is 0 Å². The molecule has 1 aromatic carbocycles. The summed E-state index contributed by atoms with van der Waals surface area (Å²) >= 11 is 1.09. The number of hydrogen-bond donors (Lipinski definition) is 1. The van der Waals surface area contributed by atoms with Gasteiger partial charge in [-0.05, 0) is 17.0 Å². The first-order chi connectivity index (χ1) is 8.36. The summed E-state index contributed by atoms with van der Waals surface area (Å²) in [5.74, 6) is 0. The zero-order valence-electron chi connectivity index (χ0n) is 8.82. The average Bonchev–Trinajstić information content (AvgIpc) is 2.91. The molecule has 3 rings (SSSR count). The van der Waals surface area contributed by atoms with Gasteiger partial charge < -0.3 is 5.11 Å². The Morgan fingerprint density at radius 3 is 2.94 bits per heavy atom. The lowest BCUT2D eigenvalue weighted by Gasteiger charge is -2.10. The van der Waals surface area contributed by atoms with Crippen molar-refractivity contribution >= 4 is 22.5 Å². The van der Waals surface area contributed by atoms with Crippen LogP contribution >= 0.6 is 11.7 Å². The van der Waals surface area contributed by atoms with E-state index >= 15 is 0 Å². The number of benzene rings is 1. The van der Waals surface area contributed by atoms with Crippen LogP contribution in [0, 0.1) is 0 Å². The molecule has 0 radical (unpaired) electrons. The van der Waals surface area contributed by atoms with Crippen molar-refractivity contribution in [2.24, 2.45) is 0 Å². The topological polar surface area (TPSA) is 58.9 Å². The Bertz CT molecular complexity index is 634. The highest BCUT2D eigenvalue weighted by Gasteiger charge is 2.15. The molecule has 17 heavy (non-hydrogen) atoms. The molecule has 0 saturated carbocycles. The van der Waals surface area contributed by atoms with Crippen LogP contribution in [0.4, 0.5) is 0 Å². The van der Waals surface area contributed by atoms with Gasteiger partial charge in [-0.3, -0.25) is 4.98 Å². The Morgan fingerprint density at radius 1 is 1.18 bits per heavy atom. The van der Waals surface area contributed by atoms with Gasteiger partial charge in [0.15, 0.2) is 0 Å². The molecule has 0 aliphatic rings. The molecular formula is C12H9N3OS. The van der Waals surface area contributed by atoms with Crippen LogP contribution < -0.4 is 0 Å². The van der Waals surface area contributed by atoms with Crippen molar-refractivity contribution in [3.63, 3.8) is 0 Å². The summed E-state index contributed by atoms with van der Waals surface area (Å²) < 4.78 is 7.96. The number of nitrogens with zero attached hydrogens (tertiary/aromatic N) is 3. The van der Waals surface area contributed by atoms with Crippen molar-refractivity contribution in [2.45, 2.75) is 6.10 Å². The predicted molar refractivity (Wildman–Crippen MR) is 65.7 cm³/mol. The molecule has 2 aromatic heterocycles. The third-order valence-corrected chi connectivity index (χ3v) is 3.16. The molecule has 2 heterocycles. The van der Waals surface area contributed by atoms with Crippen molar-refractivity contribution in [1.82, 2.24) is 13.7 Å². The highest BCUT2D eigenvalue weighted by Crippen LogP contribution is 2.27. The Morgan fingerprint density at radius 2 is 2.12 bits per heavy atom. The number of aromatic nitrogens is 3. The SMILES string of the molecule is OC(c1cnsn1)c1cccc2ccncc12. The molecule has 1 N–H and O–H groups in total. The lowest BCUT2D eigenvalue weighted by molar-refractivity contribution is 0.218. The molecule has 1 unspecified atom stereocenters. The molecule has 0 amide bonds. The van der Waals surface area contributed by atoms with Crippen LogP contribution in [0.1, 0.15) is 17.4 Å². The van der Waals surface area contributed by atoms with Gasteiger partial charge in [0.1, 0.15) is 11.8 Å². The van der Waals surface area contributed by atoms with E-state index < -0.39 is 6.10 Å². The summed E-state index contributed by atoms with van der Waals surface area (Å²) in [6.07, 6.45) is 4.34. The lowest BCUT2D eigenvalue weighted by atomic mass is 10.0. The lowest BCUT2D eigenvalue weighted by Crippen LogP contribution is -2.00. The van der Waals surface area contributed by atoms with Gasteiger partial charge in [0.25, 0.3) is 0 Å². The standard InChI is InChI=1S/C12H9N3OS/c16-12(11-7-14-17-15-11)9-3-1-2-8-4-5-13-6-10(8)9/h1-7,12,16H. The van der Waals surface area contributed by atoms with E-state index in [0.29, 0.717) is 5.69 Å². The van der Waals surface area contributed by atoms with E-state index in [0.717, 1.165) is 28.1 Å². The third-order valence-electron chi connectivity index (χ3n) is 2.67. The van der Waals surface area contributed by atoms with E-state index in [1.165, 1.54) is 0 Å². The first-order valence-electron chi connectivity index (χ1n) is 5.14. The Kier molecular flexibility index (Phi) is 2.55. The number of aliphatic hydroxyl groups is 1. The number of pyridine rings is 1. The van der Waals surface area contributed by atoms with Gasteiger partial charge in [0.05, 0.1) is 17.9 Å². The van der Waals surface area contributed by atoms with Crippen LogP contribution in [0.15, 0.2) is 42.9 Å². The molecule has 0 aliphatic heterocycles. The first kappa shape index (κ1) is 10.3. The van der Waals surface area contributed by atoms with E-state index in [1.807, 2.05) is 24.3 Å². The van der Waals surface area contributed by atoms with Gasteiger partial charge in [-0.1, -0.05) is 18.2 Å². The summed E-state index contributed by atoms with van der Waals surface area (Å²) in [5.41, 5.74) is 1.38. The fourth-order valence-corrected chi connectivity index (χ4v) is 2.27. The molecule has 0 bridgehead atoms. The fraction of sp³-hybridized carbons (Fsp3) is 0.0833. The zero-order chi connectivity index (χ0) is 11.7. The molecule has 0 saturated heterocycles. The highest BCUT2D eigenvalue weighted by molar-refractivity contribution is 6.99. The highest BCUT2D eigenvalue weighted by atomic mass is 32.1. The van der Waals surface area contributed by atoms with Gasteiger partial charge in [-0.15, -0.1) is 0 Å².